The van der Waals surface area contributed by atoms with E-state index in [1.807, 2.05) is 30.3 Å². The lowest BCUT2D eigenvalue weighted by Gasteiger charge is -2.26. The first-order valence-corrected chi connectivity index (χ1v) is 12.0. The molecule has 0 atom stereocenters. The van der Waals surface area contributed by atoms with Crippen molar-refractivity contribution in [1.29, 1.82) is 0 Å². The average molecular weight is 468 g/mol. The molecular formula is C24H29N5O3S. The molecule has 0 bridgehead atoms. The maximum atomic E-state index is 12.7. The number of carbonyl (C=O) groups excluding carboxylic acids is 1. The molecule has 0 spiro atoms. The molecule has 4 rings (SSSR count). The summed E-state index contributed by atoms with van der Waals surface area (Å²) in [7, 11) is 3.15. The Morgan fingerprint density at radius 3 is 2.55 bits per heavy atom. The van der Waals surface area contributed by atoms with E-state index in [4.69, 9.17) is 9.47 Å². The Labute approximate surface area is 198 Å². The van der Waals surface area contributed by atoms with Gasteiger partial charge in [-0.2, -0.15) is 0 Å². The van der Waals surface area contributed by atoms with Crippen LogP contribution in [0, 0.1) is 0 Å². The van der Waals surface area contributed by atoms with E-state index in [2.05, 4.69) is 25.0 Å². The summed E-state index contributed by atoms with van der Waals surface area (Å²) in [6, 6.07) is 15.3. The Hall–Kier alpha value is -3.04. The number of amides is 1. The van der Waals surface area contributed by atoms with E-state index < -0.39 is 0 Å². The molecule has 2 aromatic carbocycles. The second-order valence-electron chi connectivity index (χ2n) is 7.81. The number of ether oxygens (including phenoxy) is 2. The van der Waals surface area contributed by atoms with Gasteiger partial charge in [-0.3, -0.25) is 14.3 Å². The molecular weight excluding hydrogens is 438 g/mol. The number of nitrogens with one attached hydrogen (secondary N) is 1. The number of benzene rings is 2. The van der Waals surface area contributed by atoms with Crippen LogP contribution >= 0.6 is 11.8 Å². The van der Waals surface area contributed by atoms with Gasteiger partial charge in [-0.25, -0.2) is 0 Å². The van der Waals surface area contributed by atoms with Crippen LogP contribution in [0.1, 0.15) is 25.1 Å². The first kappa shape index (κ1) is 23.1. The van der Waals surface area contributed by atoms with Crippen LogP contribution in [0.25, 0.3) is 5.69 Å². The highest BCUT2D eigenvalue weighted by atomic mass is 32.2. The fourth-order valence-electron chi connectivity index (χ4n) is 3.88. The van der Waals surface area contributed by atoms with Crippen LogP contribution in [-0.4, -0.2) is 58.6 Å². The molecule has 3 aromatic rings. The van der Waals surface area contributed by atoms with Crippen LogP contribution in [-0.2, 0) is 11.3 Å². The van der Waals surface area contributed by atoms with Gasteiger partial charge in [0.05, 0.1) is 32.2 Å². The lowest BCUT2D eigenvalue weighted by atomic mass is 10.1. The van der Waals surface area contributed by atoms with Crippen LogP contribution in [0.4, 0.5) is 5.69 Å². The van der Waals surface area contributed by atoms with Crippen molar-refractivity contribution in [2.75, 3.05) is 38.4 Å². The van der Waals surface area contributed by atoms with Crippen LogP contribution in [0.5, 0.6) is 11.5 Å². The van der Waals surface area contributed by atoms with Crippen LogP contribution in [0.3, 0.4) is 0 Å². The highest BCUT2D eigenvalue weighted by Gasteiger charge is 2.20. The fraction of sp³-hybridized carbons (Fsp3) is 0.375. The number of methoxy groups -OCH3 is 2. The van der Waals surface area contributed by atoms with Crippen molar-refractivity contribution >= 4 is 23.4 Å². The van der Waals surface area contributed by atoms with Gasteiger partial charge in [0.2, 0.25) is 5.91 Å². The lowest BCUT2D eigenvalue weighted by molar-refractivity contribution is -0.113. The number of aromatic nitrogens is 3. The predicted molar refractivity (Wildman–Crippen MR) is 129 cm³/mol. The van der Waals surface area contributed by atoms with Gasteiger partial charge >= 0.3 is 0 Å². The molecule has 1 amide bonds. The average Bonchev–Trinajstić information content (AvgIpc) is 3.26. The number of nitrogens with zero attached hydrogens (tertiary/aromatic N) is 4. The molecule has 1 saturated heterocycles. The first-order valence-electron chi connectivity index (χ1n) is 11.0. The Morgan fingerprint density at radius 1 is 1.03 bits per heavy atom. The van der Waals surface area contributed by atoms with Crippen LogP contribution in [0.15, 0.2) is 53.7 Å². The van der Waals surface area contributed by atoms with Crippen molar-refractivity contribution in [2.24, 2.45) is 0 Å². The van der Waals surface area contributed by atoms with Gasteiger partial charge in [0.15, 0.2) is 11.0 Å². The molecule has 8 nitrogen and oxygen atoms in total. The summed E-state index contributed by atoms with van der Waals surface area (Å²) in [4.78, 5) is 15.2. The maximum Gasteiger partial charge on any atom is 0.234 e. The molecule has 1 aliphatic rings. The van der Waals surface area contributed by atoms with Crippen LogP contribution < -0.4 is 14.8 Å². The van der Waals surface area contributed by atoms with E-state index in [0.717, 1.165) is 31.1 Å². The number of piperidine rings is 1. The summed E-state index contributed by atoms with van der Waals surface area (Å²) in [5.74, 6) is 2.14. The fourth-order valence-corrected chi connectivity index (χ4v) is 4.65. The molecule has 1 fully saturated rings. The first-order chi connectivity index (χ1) is 16.2. The Bertz CT molecular complexity index is 1070. The zero-order chi connectivity index (χ0) is 23.0. The minimum atomic E-state index is -0.160. The number of carbonyl (C=O) groups is 1. The van der Waals surface area contributed by atoms with E-state index in [0.29, 0.717) is 22.3 Å². The maximum absolute atomic E-state index is 12.7. The third kappa shape index (κ3) is 5.85. The summed E-state index contributed by atoms with van der Waals surface area (Å²) >= 11 is 1.36. The van der Waals surface area contributed by atoms with Crippen molar-refractivity contribution in [3.63, 3.8) is 0 Å². The number of para-hydroxylation sites is 1. The predicted octanol–water partition coefficient (Wildman–Crippen LogP) is 4.00. The molecule has 1 aromatic heterocycles. The molecule has 0 radical (unpaired) electrons. The molecule has 1 N–H and O–H groups in total. The largest absolute Gasteiger partial charge is 0.497 e. The van der Waals surface area contributed by atoms with Gasteiger partial charge in [-0.15, -0.1) is 10.2 Å². The third-order valence-electron chi connectivity index (χ3n) is 5.54. The van der Waals surface area contributed by atoms with E-state index in [1.165, 1.54) is 31.0 Å². The van der Waals surface area contributed by atoms with Crippen molar-refractivity contribution in [2.45, 2.75) is 31.0 Å². The van der Waals surface area contributed by atoms with E-state index in [9.17, 15) is 4.79 Å². The monoisotopic (exact) mass is 467 g/mol. The number of likely N-dealkylation sites (tertiary alicyclic amines) is 1. The van der Waals surface area contributed by atoms with Gasteiger partial charge in [0, 0.05) is 11.8 Å². The van der Waals surface area contributed by atoms with Gasteiger partial charge in [0.25, 0.3) is 0 Å². The topological polar surface area (TPSA) is 81.5 Å². The molecule has 33 heavy (non-hydrogen) atoms. The molecule has 0 aliphatic carbocycles. The molecule has 9 heteroatoms. The van der Waals surface area contributed by atoms with E-state index in [-0.39, 0.29) is 11.7 Å². The highest BCUT2D eigenvalue weighted by molar-refractivity contribution is 7.99. The quantitative estimate of drug-likeness (QED) is 0.476. The second-order valence-corrected chi connectivity index (χ2v) is 8.75. The number of hydrogen-bond donors (Lipinski definition) is 1. The number of anilines is 1. The van der Waals surface area contributed by atoms with Gasteiger partial charge in [-0.05, 0) is 50.2 Å². The standard InChI is InChI=1S/C24H29N5O3S/c1-31-19-11-12-21(32-2)20(15-19)25-23(30)17-33-24-27-26-22(16-28-13-7-4-8-14-28)29(24)18-9-5-3-6-10-18/h3,5-6,9-12,15H,4,7-8,13-14,16-17H2,1-2H3,(H,25,30). The summed E-state index contributed by atoms with van der Waals surface area (Å²) in [5, 5.41) is 12.5. The smallest absolute Gasteiger partial charge is 0.234 e. The van der Waals surface area contributed by atoms with Crippen molar-refractivity contribution < 1.29 is 14.3 Å². The van der Waals surface area contributed by atoms with Gasteiger partial charge < -0.3 is 14.8 Å². The molecule has 1 aliphatic heterocycles. The SMILES string of the molecule is COc1ccc(OC)c(NC(=O)CSc2nnc(CN3CCCCC3)n2-c2ccccc2)c1. The zero-order valence-electron chi connectivity index (χ0n) is 19.0. The molecule has 174 valence electrons. The number of rotatable bonds is 9. The van der Waals surface area contributed by atoms with E-state index in [1.54, 1.807) is 32.4 Å². The Balaban J connectivity index is 1.49. The van der Waals surface area contributed by atoms with Gasteiger partial charge in [-0.1, -0.05) is 36.4 Å². The third-order valence-corrected chi connectivity index (χ3v) is 6.47. The molecule has 0 saturated carbocycles. The summed E-state index contributed by atoms with van der Waals surface area (Å²) in [5.41, 5.74) is 1.56. The van der Waals surface area contributed by atoms with Crippen LogP contribution in [0.2, 0.25) is 0 Å². The van der Waals surface area contributed by atoms with Gasteiger partial charge in [0.1, 0.15) is 11.5 Å². The summed E-state index contributed by atoms with van der Waals surface area (Å²) < 4.78 is 12.7. The minimum Gasteiger partial charge on any atom is -0.497 e. The number of hydrogen-bond acceptors (Lipinski definition) is 7. The minimum absolute atomic E-state index is 0.160. The zero-order valence-corrected chi connectivity index (χ0v) is 19.8. The molecule has 0 unspecified atom stereocenters. The Morgan fingerprint density at radius 2 is 1.82 bits per heavy atom. The highest BCUT2D eigenvalue weighted by Crippen LogP contribution is 2.29. The second kappa shape index (κ2) is 11.2. The number of thioether (sulfide) groups is 1. The molecule has 2 heterocycles. The summed E-state index contributed by atoms with van der Waals surface area (Å²) in [6.45, 7) is 2.90. The van der Waals surface area contributed by atoms with E-state index >= 15 is 0 Å². The van der Waals surface area contributed by atoms with Crippen molar-refractivity contribution in [3.05, 3.63) is 54.4 Å². The summed E-state index contributed by atoms with van der Waals surface area (Å²) in [6.07, 6.45) is 3.72. The lowest BCUT2D eigenvalue weighted by Crippen LogP contribution is -2.30. The Kier molecular flexibility index (Phi) is 7.85. The van der Waals surface area contributed by atoms with Crippen molar-refractivity contribution in [1.82, 2.24) is 19.7 Å². The van der Waals surface area contributed by atoms with Crippen molar-refractivity contribution in [3.8, 4) is 17.2 Å². The normalized spacial score (nSPS) is 14.1.